The Morgan fingerprint density at radius 2 is 2.17 bits per heavy atom. The molecule has 0 aliphatic heterocycles. The normalized spacial score (nSPS) is 10.7. The summed E-state index contributed by atoms with van der Waals surface area (Å²) in [6.45, 7) is 3.88. The number of rotatable bonds is 3. The summed E-state index contributed by atoms with van der Waals surface area (Å²) in [6, 6.07) is 2.93. The van der Waals surface area contributed by atoms with Gasteiger partial charge in [0.05, 0.1) is 18.2 Å². The Bertz CT molecular complexity index is 599. The third kappa shape index (κ3) is 1.76. The molecule has 0 aliphatic carbocycles. The maximum atomic E-state index is 13.9. The van der Waals surface area contributed by atoms with Crippen LogP contribution in [0.25, 0.3) is 10.9 Å². The molecule has 0 atom stereocenters. The molecule has 0 saturated heterocycles. The van der Waals surface area contributed by atoms with E-state index in [0.29, 0.717) is 23.2 Å². The largest absolute Gasteiger partial charge is 0.496 e. The summed E-state index contributed by atoms with van der Waals surface area (Å²) in [5, 5.41) is 0.578. The Kier molecular flexibility index (Phi) is 3.34. The van der Waals surface area contributed by atoms with Crippen molar-refractivity contribution in [1.82, 2.24) is 4.98 Å². The number of hydrazine groups is 1. The van der Waals surface area contributed by atoms with Crippen LogP contribution in [-0.2, 0) is 6.42 Å². The molecule has 18 heavy (non-hydrogen) atoms. The number of benzene rings is 1. The number of nitrogens with zero attached hydrogens (tertiary/aromatic N) is 1. The van der Waals surface area contributed by atoms with E-state index in [1.54, 1.807) is 6.07 Å². The molecule has 0 bridgehead atoms. The van der Waals surface area contributed by atoms with Crippen molar-refractivity contribution in [1.29, 1.82) is 0 Å². The summed E-state index contributed by atoms with van der Waals surface area (Å²) in [6.07, 6.45) is 0.715. The standard InChI is InChI=1S/C13H16FN3O/c1-4-9-7(2)12(17-15)11-10(18-3)6-5-8(14)13(11)16-9/h5-6H,4,15H2,1-3H3,(H,16,17). The van der Waals surface area contributed by atoms with E-state index in [-0.39, 0.29) is 11.3 Å². The zero-order valence-electron chi connectivity index (χ0n) is 10.7. The highest BCUT2D eigenvalue weighted by Gasteiger charge is 2.16. The van der Waals surface area contributed by atoms with E-state index >= 15 is 0 Å². The first kappa shape index (κ1) is 12.6. The van der Waals surface area contributed by atoms with Gasteiger partial charge in [-0.1, -0.05) is 6.92 Å². The number of halogens is 1. The van der Waals surface area contributed by atoms with Crippen LogP contribution in [-0.4, -0.2) is 12.1 Å². The molecule has 4 nitrogen and oxygen atoms in total. The van der Waals surface area contributed by atoms with Gasteiger partial charge in [-0.3, -0.25) is 5.84 Å². The molecular formula is C13H16FN3O. The third-order valence-electron chi connectivity index (χ3n) is 3.09. The number of nitrogens with two attached hydrogens (primary N) is 1. The first-order chi connectivity index (χ1) is 8.63. The molecule has 0 unspecified atom stereocenters. The third-order valence-corrected chi connectivity index (χ3v) is 3.09. The quantitative estimate of drug-likeness (QED) is 0.648. The van der Waals surface area contributed by atoms with E-state index in [4.69, 9.17) is 10.6 Å². The van der Waals surface area contributed by atoms with Crippen molar-refractivity contribution < 1.29 is 9.13 Å². The Morgan fingerprint density at radius 3 is 2.72 bits per heavy atom. The summed E-state index contributed by atoms with van der Waals surface area (Å²) in [7, 11) is 1.54. The van der Waals surface area contributed by atoms with Gasteiger partial charge in [-0.2, -0.15) is 0 Å². The summed E-state index contributed by atoms with van der Waals surface area (Å²) in [5.74, 6) is 5.73. The molecule has 96 valence electrons. The molecule has 0 spiro atoms. The predicted octanol–water partition coefficient (Wildman–Crippen LogP) is 2.54. The first-order valence-corrected chi connectivity index (χ1v) is 5.76. The molecule has 0 amide bonds. The molecule has 0 radical (unpaired) electrons. The number of pyridine rings is 1. The number of methoxy groups -OCH3 is 1. The van der Waals surface area contributed by atoms with Crippen molar-refractivity contribution in [2.75, 3.05) is 12.5 Å². The fourth-order valence-corrected chi connectivity index (χ4v) is 2.14. The highest BCUT2D eigenvalue weighted by atomic mass is 19.1. The van der Waals surface area contributed by atoms with E-state index in [1.807, 2.05) is 13.8 Å². The number of nitrogens with one attached hydrogen (secondary N) is 1. The first-order valence-electron chi connectivity index (χ1n) is 5.76. The Morgan fingerprint density at radius 1 is 1.44 bits per heavy atom. The average molecular weight is 249 g/mol. The second-order valence-corrected chi connectivity index (χ2v) is 4.03. The van der Waals surface area contributed by atoms with E-state index in [1.165, 1.54) is 13.2 Å². The number of aryl methyl sites for hydroxylation is 1. The average Bonchev–Trinajstić information content (AvgIpc) is 2.39. The zero-order chi connectivity index (χ0) is 13.3. The van der Waals surface area contributed by atoms with Crippen molar-refractivity contribution in [3.63, 3.8) is 0 Å². The van der Waals surface area contributed by atoms with Gasteiger partial charge in [0, 0.05) is 5.69 Å². The summed E-state index contributed by atoms with van der Waals surface area (Å²) < 4.78 is 19.1. The van der Waals surface area contributed by atoms with E-state index < -0.39 is 0 Å². The fourth-order valence-electron chi connectivity index (χ4n) is 2.14. The molecule has 0 fully saturated rings. The fraction of sp³-hybridized carbons (Fsp3) is 0.308. The van der Waals surface area contributed by atoms with E-state index in [2.05, 4.69) is 10.4 Å². The SMILES string of the molecule is CCc1nc2c(F)ccc(OC)c2c(NN)c1C. The number of fused-ring (bicyclic) bond motifs is 1. The molecule has 1 aromatic carbocycles. The van der Waals surface area contributed by atoms with Crippen LogP contribution in [0.4, 0.5) is 10.1 Å². The molecule has 0 saturated carbocycles. The maximum absolute atomic E-state index is 13.9. The summed E-state index contributed by atoms with van der Waals surface area (Å²) in [5.41, 5.74) is 5.31. The van der Waals surface area contributed by atoms with Crippen LogP contribution >= 0.6 is 0 Å². The molecule has 5 heteroatoms. The van der Waals surface area contributed by atoms with Crippen LogP contribution in [0.2, 0.25) is 0 Å². The molecule has 3 N–H and O–H groups in total. The minimum absolute atomic E-state index is 0.282. The number of hydrogen-bond acceptors (Lipinski definition) is 4. The van der Waals surface area contributed by atoms with Crippen LogP contribution in [0.15, 0.2) is 12.1 Å². The topological polar surface area (TPSA) is 60.2 Å². The van der Waals surface area contributed by atoms with Crippen molar-refractivity contribution in [3.8, 4) is 5.75 Å². The highest BCUT2D eigenvalue weighted by molar-refractivity contribution is 5.98. The predicted molar refractivity (Wildman–Crippen MR) is 70.2 cm³/mol. The number of nitrogen functional groups attached to an aromatic ring is 1. The van der Waals surface area contributed by atoms with Gasteiger partial charge >= 0.3 is 0 Å². The lowest BCUT2D eigenvalue weighted by Crippen LogP contribution is -2.12. The van der Waals surface area contributed by atoms with Gasteiger partial charge in [0.25, 0.3) is 0 Å². The lowest BCUT2D eigenvalue weighted by molar-refractivity contribution is 0.419. The lowest BCUT2D eigenvalue weighted by Gasteiger charge is -2.15. The van der Waals surface area contributed by atoms with Crippen LogP contribution in [0.1, 0.15) is 18.2 Å². The molecule has 1 heterocycles. The summed E-state index contributed by atoms with van der Waals surface area (Å²) in [4.78, 5) is 4.36. The van der Waals surface area contributed by atoms with Crippen LogP contribution < -0.4 is 16.0 Å². The van der Waals surface area contributed by atoms with Gasteiger partial charge in [-0.25, -0.2) is 9.37 Å². The molecule has 2 rings (SSSR count). The number of ether oxygens (including phenoxy) is 1. The van der Waals surface area contributed by atoms with Crippen LogP contribution in [0, 0.1) is 12.7 Å². The number of aromatic nitrogens is 1. The van der Waals surface area contributed by atoms with E-state index in [9.17, 15) is 4.39 Å². The number of hydrogen-bond donors (Lipinski definition) is 2. The zero-order valence-corrected chi connectivity index (χ0v) is 10.7. The molecular weight excluding hydrogens is 233 g/mol. The lowest BCUT2D eigenvalue weighted by atomic mass is 10.0. The molecule has 2 aromatic rings. The second-order valence-electron chi connectivity index (χ2n) is 4.03. The second kappa shape index (κ2) is 4.78. The Labute approximate surface area is 105 Å². The van der Waals surface area contributed by atoms with Gasteiger partial charge in [-0.15, -0.1) is 0 Å². The molecule has 0 aliphatic rings. The van der Waals surface area contributed by atoms with Gasteiger partial charge < -0.3 is 10.2 Å². The van der Waals surface area contributed by atoms with Crippen molar-refractivity contribution in [2.45, 2.75) is 20.3 Å². The van der Waals surface area contributed by atoms with Crippen molar-refractivity contribution in [3.05, 3.63) is 29.2 Å². The number of anilines is 1. The van der Waals surface area contributed by atoms with Crippen LogP contribution in [0.5, 0.6) is 5.75 Å². The van der Waals surface area contributed by atoms with Gasteiger partial charge in [-0.05, 0) is 31.0 Å². The van der Waals surface area contributed by atoms with Crippen molar-refractivity contribution in [2.24, 2.45) is 5.84 Å². The van der Waals surface area contributed by atoms with Gasteiger partial charge in [0.2, 0.25) is 0 Å². The van der Waals surface area contributed by atoms with Gasteiger partial charge in [0.15, 0.2) is 0 Å². The van der Waals surface area contributed by atoms with Crippen LogP contribution in [0.3, 0.4) is 0 Å². The highest BCUT2D eigenvalue weighted by Crippen LogP contribution is 2.35. The Hall–Kier alpha value is -1.88. The maximum Gasteiger partial charge on any atom is 0.149 e. The monoisotopic (exact) mass is 249 g/mol. The minimum atomic E-state index is -0.378. The summed E-state index contributed by atoms with van der Waals surface area (Å²) >= 11 is 0. The minimum Gasteiger partial charge on any atom is -0.496 e. The smallest absolute Gasteiger partial charge is 0.149 e. The van der Waals surface area contributed by atoms with Crippen molar-refractivity contribution >= 4 is 16.6 Å². The van der Waals surface area contributed by atoms with Gasteiger partial charge in [0.1, 0.15) is 17.1 Å². The van der Waals surface area contributed by atoms with E-state index in [0.717, 1.165) is 11.3 Å². The Balaban J connectivity index is 2.96. The molecule has 1 aromatic heterocycles.